The molecule has 2 atom stereocenters. The molecule has 0 saturated carbocycles. The fraction of sp³-hybridized carbons (Fsp3) is 0.833. The molecule has 4 nitrogen and oxygen atoms in total. The smallest absolute Gasteiger partial charge is 0.321 e. The fourth-order valence-electron chi connectivity index (χ4n) is 2.23. The van der Waals surface area contributed by atoms with Crippen LogP contribution >= 0.6 is 0 Å². The fourth-order valence-corrected chi connectivity index (χ4v) is 2.23. The number of hydrogen-bond donors (Lipinski definition) is 1. The van der Waals surface area contributed by atoms with Crippen LogP contribution in [0, 0.1) is 11.3 Å². The maximum atomic E-state index is 12.8. The number of alkyl halides is 3. The van der Waals surface area contributed by atoms with Crippen molar-refractivity contribution in [2.24, 2.45) is 17.1 Å². The highest BCUT2D eigenvalue weighted by atomic mass is 19.4. The molecular formula is C12H19F3N4. The van der Waals surface area contributed by atoms with E-state index in [4.69, 9.17) is 5.73 Å². The quantitative estimate of drug-likeness (QED) is 0.857. The Hall–Kier alpha value is -1.11. The van der Waals surface area contributed by atoms with Crippen LogP contribution in [-0.2, 0) is 13.0 Å². The van der Waals surface area contributed by atoms with Gasteiger partial charge in [-0.15, -0.1) is 10.2 Å². The van der Waals surface area contributed by atoms with Gasteiger partial charge in [-0.25, -0.2) is 0 Å². The second kappa shape index (κ2) is 4.47. The summed E-state index contributed by atoms with van der Waals surface area (Å²) in [5, 5.41) is 7.97. The number of nitrogens with zero attached hydrogens (tertiary/aromatic N) is 3. The lowest BCUT2D eigenvalue weighted by atomic mass is 9.86. The first-order valence-corrected chi connectivity index (χ1v) is 6.35. The molecule has 1 aliphatic heterocycles. The van der Waals surface area contributed by atoms with Gasteiger partial charge >= 0.3 is 6.18 Å². The molecule has 2 unspecified atom stereocenters. The van der Waals surface area contributed by atoms with Crippen LogP contribution in [0.25, 0.3) is 0 Å². The molecule has 1 aliphatic rings. The van der Waals surface area contributed by atoms with E-state index in [0.29, 0.717) is 18.1 Å². The molecule has 0 aromatic carbocycles. The highest BCUT2D eigenvalue weighted by molar-refractivity contribution is 5.07. The normalized spacial score (nSPS) is 22.2. The highest BCUT2D eigenvalue weighted by Crippen LogP contribution is 2.36. The van der Waals surface area contributed by atoms with Gasteiger partial charge in [-0.2, -0.15) is 13.2 Å². The van der Waals surface area contributed by atoms with E-state index in [1.165, 1.54) is 0 Å². The van der Waals surface area contributed by atoms with Crippen molar-refractivity contribution in [3.63, 3.8) is 0 Å². The summed E-state index contributed by atoms with van der Waals surface area (Å²) in [6.45, 7) is 5.68. The van der Waals surface area contributed by atoms with Gasteiger partial charge in [0.2, 0.25) is 0 Å². The molecule has 7 heteroatoms. The Balaban J connectivity index is 2.31. The van der Waals surface area contributed by atoms with Gasteiger partial charge in [0.15, 0.2) is 5.82 Å². The standard InChI is InChI=1S/C12H19F3N4/c1-11(2,3)9(16)10-18-17-8-5-4-7(6-19(8)10)12(13,14)15/h7,9H,4-6,16H2,1-3H3. The van der Waals surface area contributed by atoms with Crippen LogP contribution in [0.3, 0.4) is 0 Å². The van der Waals surface area contributed by atoms with Crippen LogP contribution in [0.15, 0.2) is 0 Å². The Morgan fingerprint density at radius 3 is 2.42 bits per heavy atom. The van der Waals surface area contributed by atoms with Crippen molar-refractivity contribution >= 4 is 0 Å². The Labute approximate surface area is 110 Å². The van der Waals surface area contributed by atoms with Gasteiger partial charge < -0.3 is 10.3 Å². The van der Waals surface area contributed by atoms with Crippen molar-refractivity contribution in [3.05, 3.63) is 11.6 Å². The highest BCUT2D eigenvalue weighted by Gasteiger charge is 2.43. The third-order valence-electron chi connectivity index (χ3n) is 3.65. The molecule has 108 valence electrons. The molecule has 0 saturated heterocycles. The maximum absolute atomic E-state index is 12.8. The largest absolute Gasteiger partial charge is 0.393 e. The Morgan fingerprint density at radius 1 is 1.26 bits per heavy atom. The van der Waals surface area contributed by atoms with Gasteiger partial charge in [-0.1, -0.05) is 20.8 Å². The van der Waals surface area contributed by atoms with Gasteiger partial charge in [-0.3, -0.25) is 0 Å². The molecule has 2 N–H and O–H groups in total. The van der Waals surface area contributed by atoms with Crippen LogP contribution in [0.4, 0.5) is 13.2 Å². The van der Waals surface area contributed by atoms with E-state index in [1.54, 1.807) is 4.57 Å². The van der Waals surface area contributed by atoms with Crippen LogP contribution in [0.1, 0.15) is 44.9 Å². The molecular weight excluding hydrogens is 257 g/mol. The van der Waals surface area contributed by atoms with Gasteiger partial charge in [0, 0.05) is 13.0 Å². The lowest BCUT2D eigenvalue weighted by molar-refractivity contribution is -0.182. The summed E-state index contributed by atoms with van der Waals surface area (Å²) in [6.07, 6.45) is -3.80. The predicted molar refractivity (Wildman–Crippen MR) is 64.3 cm³/mol. The molecule has 2 heterocycles. The van der Waals surface area contributed by atoms with Gasteiger partial charge in [0.25, 0.3) is 0 Å². The van der Waals surface area contributed by atoms with Crippen molar-refractivity contribution < 1.29 is 13.2 Å². The van der Waals surface area contributed by atoms with Crippen LogP contribution in [0.5, 0.6) is 0 Å². The van der Waals surface area contributed by atoms with E-state index in [0.717, 1.165) is 0 Å². The third-order valence-corrected chi connectivity index (χ3v) is 3.65. The summed E-state index contributed by atoms with van der Waals surface area (Å²) in [6, 6.07) is -0.430. The summed E-state index contributed by atoms with van der Waals surface area (Å²) >= 11 is 0. The molecule has 1 aromatic heterocycles. The number of fused-ring (bicyclic) bond motifs is 1. The molecule has 1 aromatic rings. The zero-order valence-corrected chi connectivity index (χ0v) is 11.3. The van der Waals surface area contributed by atoms with E-state index in [2.05, 4.69) is 10.2 Å². The summed E-state index contributed by atoms with van der Waals surface area (Å²) < 4.78 is 40.0. The first-order chi connectivity index (χ1) is 8.60. The Morgan fingerprint density at radius 2 is 1.89 bits per heavy atom. The Bertz CT molecular complexity index is 459. The molecule has 0 fully saturated rings. The second-order valence-corrected chi connectivity index (χ2v) is 6.21. The molecule has 0 amide bonds. The van der Waals surface area contributed by atoms with Gasteiger partial charge in [0.1, 0.15) is 5.82 Å². The minimum atomic E-state index is -4.18. The lowest BCUT2D eigenvalue weighted by Crippen LogP contribution is -2.35. The zero-order chi connectivity index (χ0) is 14.4. The summed E-state index contributed by atoms with van der Waals surface area (Å²) in [7, 11) is 0. The van der Waals surface area contributed by atoms with Crippen molar-refractivity contribution in [3.8, 4) is 0 Å². The van der Waals surface area contributed by atoms with E-state index >= 15 is 0 Å². The van der Waals surface area contributed by atoms with Crippen LogP contribution in [-0.4, -0.2) is 20.9 Å². The van der Waals surface area contributed by atoms with Crippen molar-refractivity contribution in [2.45, 2.75) is 52.4 Å². The molecule has 0 aliphatic carbocycles. The molecule has 0 radical (unpaired) electrons. The minimum absolute atomic E-state index is 0.0758. The van der Waals surface area contributed by atoms with Crippen molar-refractivity contribution in [1.82, 2.24) is 14.8 Å². The zero-order valence-electron chi connectivity index (χ0n) is 11.3. The first-order valence-electron chi connectivity index (χ1n) is 6.35. The maximum Gasteiger partial charge on any atom is 0.393 e. The predicted octanol–water partition coefficient (Wildman–Crippen LogP) is 2.45. The molecule has 0 spiro atoms. The molecule has 0 bridgehead atoms. The minimum Gasteiger partial charge on any atom is -0.321 e. The van der Waals surface area contributed by atoms with E-state index < -0.39 is 18.1 Å². The molecule has 19 heavy (non-hydrogen) atoms. The van der Waals surface area contributed by atoms with Gasteiger partial charge in [-0.05, 0) is 11.8 Å². The number of hydrogen-bond acceptors (Lipinski definition) is 3. The number of aryl methyl sites for hydroxylation is 1. The van der Waals surface area contributed by atoms with Crippen LogP contribution < -0.4 is 5.73 Å². The number of rotatable bonds is 1. The lowest BCUT2D eigenvalue weighted by Gasteiger charge is -2.30. The van der Waals surface area contributed by atoms with E-state index in [9.17, 15) is 13.2 Å². The van der Waals surface area contributed by atoms with Crippen molar-refractivity contribution in [2.75, 3.05) is 0 Å². The topological polar surface area (TPSA) is 56.7 Å². The number of aromatic nitrogens is 3. The van der Waals surface area contributed by atoms with Gasteiger partial charge in [0.05, 0.1) is 12.0 Å². The summed E-state index contributed by atoms with van der Waals surface area (Å²) in [5.74, 6) is -0.270. The van der Waals surface area contributed by atoms with E-state index in [1.807, 2.05) is 20.8 Å². The first kappa shape index (κ1) is 14.3. The SMILES string of the molecule is CC(C)(C)C(N)c1nnc2n1CC(C(F)(F)F)CC2. The monoisotopic (exact) mass is 276 g/mol. The average Bonchev–Trinajstić information content (AvgIpc) is 2.67. The molecule has 2 rings (SSSR count). The summed E-state index contributed by atoms with van der Waals surface area (Å²) in [5.41, 5.74) is 5.82. The van der Waals surface area contributed by atoms with E-state index in [-0.39, 0.29) is 18.4 Å². The summed E-state index contributed by atoms with van der Waals surface area (Å²) in [4.78, 5) is 0. The second-order valence-electron chi connectivity index (χ2n) is 6.21. The van der Waals surface area contributed by atoms with Crippen LogP contribution in [0.2, 0.25) is 0 Å². The van der Waals surface area contributed by atoms with Crippen molar-refractivity contribution in [1.29, 1.82) is 0 Å². The Kier molecular flexibility index (Phi) is 3.36. The number of nitrogens with two attached hydrogens (primary N) is 1. The third kappa shape index (κ3) is 2.75. The number of halogens is 3. The average molecular weight is 276 g/mol.